The summed E-state index contributed by atoms with van der Waals surface area (Å²) >= 11 is 5.98. The summed E-state index contributed by atoms with van der Waals surface area (Å²) in [5.41, 5.74) is 2.06. The highest BCUT2D eigenvalue weighted by Gasteiger charge is 2.21. The molecule has 162 valence electrons. The van der Waals surface area contributed by atoms with Crippen molar-refractivity contribution in [2.75, 3.05) is 41.3 Å². The molecule has 0 atom stereocenters. The molecular weight excluding hydrogens is 428 g/mol. The maximum atomic E-state index is 12.5. The van der Waals surface area contributed by atoms with Gasteiger partial charge in [-0.2, -0.15) is 14.6 Å². The molecule has 4 aromatic rings. The number of anilines is 3. The zero-order valence-corrected chi connectivity index (χ0v) is 18.2. The molecule has 1 aliphatic rings. The zero-order valence-electron chi connectivity index (χ0n) is 17.4. The summed E-state index contributed by atoms with van der Waals surface area (Å²) in [6, 6.07) is 12.8. The maximum Gasteiger partial charge on any atom is 0.257 e. The van der Waals surface area contributed by atoms with Crippen LogP contribution >= 0.6 is 11.6 Å². The zero-order chi connectivity index (χ0) is 22.1. The normalized spacial score (nSPS) is 14.1. The molecule has 0 aliphatic carbocycles. The Hall–Kier alpha value is -3.72. The van der Waals surface area contributed by atoms with Crippen molar-refractivity contribution in [1.82, 2.24) is 24.6 Å². The lowest BCUT2D eigenvalue weighted by Gasteiger charge is -2.36. The largest absolute Gasteiger partial charge is 0.353 e. The minimum absolute atomic E-state index is 0.221. The highest BCUT2D eigenvalue weighted by Crippen LogP contribution is 2.21. The molecule has 4 heterocycles. The molecule has 9 nitrogen and oxygen atoms in total. The Labute approximate surface area is 189 Å². The summed E-state index contributed by atoms with van der Waals surface area (Å²) in [6.07, 6.45) is 3.13. The average molecular weight is 449 g/mol. The number of piperazine rings is 1. The molecule has 1 saturated heterocycles. The number of aromatic nitrogens is 5. The molecule has 5 rings (SSSR count). The minimum atomic E-state index is -0.221. The van der Waals surface area contributed by atoms with Crippen LogP contribution in [0.1, 0.15) is 16.1 Å². The second-order valence-electron chi connectivity index (χ2n) is 7.57. The smallest absolute Gasteiger partial charge is 0.257 e. The third-order valence-electron chi connectivity index (χ3n) is 5.38. The Balaban J connectivity index is 1.24. The van der Waals surface area contributed by atoms with E-state index in [-0.39, 0.29) is 5.91 Å². The molecule has 10 heteroatoms. The van der Waals surface area contributed by atoms with Gasteiger partial charge in [-0.25, -0.2) is 9.97 Å². The molecule has 1 aliphatic heterocycles. The summed E-state index contributed by atoms with van der Waals surface area (Å²) in [7, 11) is 0. The lowest BCUT2D eigenvalue weighted by Crippen LogP contribution is -2.47. The van der Waals surface area contributed by atoms with E-state index in [2.05, 4.69) is 35.2 Å². The van der Waals surface area contributed by atoms with Crippen LogP contribution in [0.4, 0.5) is 17.3 Å². The topological polar surface area (TPSA) is 91.5 Å². The maximum absolute atomic E-state index is 12.5. The number of nitrogens with zero attached hydrogens (tertiary/aromatic N) is 7. The number of pyridine rings is 1. The van der Waals surface area contributed by atoms with Crippen molar-refractivity contribution >= 4 is 40.6 Å². The average Bonchev–Trinajstić information content (AvgIpc) is 3.27. The van der Waals surface area contributed by atoms with Crippen LogP contribution < -0.4 is 15.1 Å². The monoisotopic (exact) mass is 448 g/mol. The van der Waals surface area contributed by atoms with Crippen LogP contribution in [0.5, 0.6) is 0 Å². The van der Waals surface area contributed by atoms with E-state index in [9.17, 15) is 4.79 Å². The van der Waals surface area contributed by atoms with E-state index in [1.807, 2.05) is 19.1 Å². The molecule has 0 unspecified atom stereocenters. The highest BCUT2D eigenvalue weighted by molar-refractivity contribution is 6.30. The van der Waals surface area contributed by atoms with Crippen molar-refractivity contribution < 1.29 is 4.79 Å². The fraction of sp³-hybridized carbons (Fsp3) is 0.227. The van der Waals surface area contributed by atoms with Gasteiger partial charge < -0.3 is 15.1 Å². The van der Waals surface area contributed by atoms with E-state index in [1.54, 1.807) is 41.0 Å². The first-order valence-electron chi connectivity index (χ1n) is 10.3. The number of amides is 1. The van der Waals surface area contributed by atoms with Gasteiger partial charge in [0.25, 0.3) is 11.7 Å². The van der Waals surface area contributed by atoms with E-state index in [0.29, 0.717) is 22.1 Å². The Morgan fingerprint density at radius 1 is 1.03 bits per heavy atom. The van der Waals surface area contributed by atoms with Gasteiger partial charge in [-0.1, -0.05) is 17.7 Å². The van der Waals surface area contributed by atoms with Crippen LogP contribution in [0.3, 0.4) is 0 Å². The van der Waals surface area contributed by atoms with Gasteiger partial charge in [-0.15, -0.1) is 0 Å². The van der Waals surface area contributed by atoms with E-state index < -0.39 is 0 Å². The van der Waals surface area contributed by atoms with Gasteiger partial charge in [0.2, 0.25) is 0 Å². The second kappa shape index (κ2) is 8.43. The first-order chi connectivity index (χ1) is 15.6. The number of fused-ring (bicyclic) bond motifs is 1. The molecule has 0 bridgehead atoms. The van der Waals surface area contributed by atoms with Crippen LogP contribution in [-0.2, 0) is 0 Å². The number of aryl methyl sites for hydroxylation is 1. The molecule has 32 heavy (non-hydrogen) atoms. The number of carbonyl (C=O) groups excluding carboxylic acids is 1. The van der Waals surface area contributed by atoms with Crippen LogP contribution in [0.15, 0.2) is 55.0 Å². The quantitative estimate of drug-likeness (QED) is 0.513. The Morgan fingerprint density at radius 3 is 2.59 bits per heavy atom. The summed E-state index contributed by atoms with van der Waals surface area (Å²) < 4.78 is 1.77. The van der Waals surface area contributed by atoms with Gasteiger partial charge >= 0.3 is 0 Å². The van der Waals surface area contributed by atoms with Crippen molar-refractivity contribution in [3.63, 3.8) is 0 Å². The SMILES string of the molecule is Cc1cc(N2CCN(c3ccc(C(=O)Nc4cccc(Cl)c4)cn3)CC2)n2ncnc2n1. The Bertz CT molecular complexity index is 1260. The van der Waals surface area contributed by atoms with Crippen molar-refractivity contribution in [2.24, 2.45) is 0 Å². The van der Waals surface area contributed by atoms with Crippen LogP contribution in [0.25, 0.3) is 5.78 Å². The van der Waals surface area contributed by atoms with Crippen molar-refractivity contribution in [3.05, 3.63) is 71.3 Å². The highest BCUT2D eigenvalue weighted by atomic mass is 35.5. The summed E-state index contributed by atoms with van der Waals surface area (Å²) in [5, 5.41) is 7.71. The Kier molecular flexibility index (Phi) is 5.32. The third-order valence-corrected chi connectivity index (χ3v) is 5.62. The number of carbonyl (C=O) groups is 1. The predicted octanol–water partition coefficient (Wildman–Crippen LogP) is 3.06. The van der Waals surface area contributed by atoms with Crippen LogP contribution in [0.2, 0.25) is 5.02 Å². The third kappa shape index (κ3) is 4.06. The van der Waals surface area contributed by atoms with E-state index >= 15 is 0 Å². The predicted molar refractivity (Wildman–Crippen MR) is 124 cm³/mol. The molecule has 1 amide bonds. The van der Waals surface area contributed by atoms with E-state index in [1.165, 1.54) is 6.33 Å². The first kappa shape index (κ1) is 20.2. The fourth-order valence-electron chi connectivity index (χ4n) is 3.78. The van der Waals surface area contributed by atoms with Gasteiger partial charge in [0.1, 0.15) is 18.0 Å². The van der Waals surface area contributed by atoms with Gasteiger partial charge in [0.05, 0.1) is 5.56 Å². The Morgan fingerprint density at radius 2 is 1.84 bits per heavy atom. The number of nitrogens with one attached hydrogen (secondary N) is 1. The molecular formula is C22H21ClN8O. The van der Waals surface area contributed by atoms with Crippen molar-refractivity contribution in [1.29, 1.82) is 0 Å². The molecule has 0 saturated carbocycles. The molecule has 0 radical (unpaired) electrons. The fourth-order valence-corrected chi connectivity index (χ4v) is 3.97. The second-order valence-corrected chi connectivity index (χ2v) is 8.01. The summed E-state index contributed by atoms with van der Waals surface area (Å²) in [5.74, 6) is 2.23. The van der Waals surface area contributed by atoms with Crippen LogP contribution in [0, 0.1) is 6.92 Å². The molecule has 0 spiro atoms. The van der Waals surface area contributed by atoms with Gasteiger partial charge in [-0.3, -0.25) is 4.79 Å². The lowest BCUT2D eigenvalue weighted by molar-refractivity contribution is 0.102. The van der Waals surface area contributed by atoms with Crippen molar-refractivity contribution in [2.45, 2.75) is 6.92 Å². The number of rotatable bonds is 4. The van der Waals surface area contributed by atoms with Gasteiger partial charge in [0, 0.05) is 54.8 Å². The molecule has 3 aromatic heterocycles. The molecule has 1 fully saturated rings. The van der Waals surface area contributed by atoms with E-state index in [4.69, 9.17) is 11.6 Å². The molecule has 1 N–H and O–H groups in total. The number of halogens is 1. The van der Waals surface area contributed by atoms with Gasteiger partial charge in [-0.05, 0) is 37.3 Å². The number of hydrogen-bond acceptors (Lipinski definition) is 7. The van der Waals surface area contributed by atoms with Gasteiger partial charge in [0.15, 0.2) is 0 Å². The summed E-state index contributed by atoms with van der Waals surface area (Å²) in [4.78, 5) is 30.1. The standard InChI is InChI=1S/C22H21ClN8O/c1-15-11-20(31-22(27-15)25-14-26-31)30-9-7-29(8-10-30)19-6-5-16(13-24-19)21(32)28-18-4-2-3-17(23)12-18/h2-6,11-14H,7-10H2,1H3,(H,28,32). The number of benzene rings is 1. The minimum Gasteiger partial charge on any atom is -0.353 e. The summed E-state index contributed by atoms with van der Waals surface area (Å²) in [6.45, 7) is 5.20. The first-order valence-corrected chi connectivity index (χ1v) is 10.6. The van der Waals surface area contributed by atoms with E-state index in [0.717, 1.165) is 43.5 Å². The van der Waals surface area contributed by atoms with Crippen LogP contribution in [-0.4, -0.2) is 56.7 Å². The lowest BCUT2D eigenvalue weighted by atomic mass is 10.2. The number of hydrogen-bond donors (Lipinski definition) is 1. The van der Waals surface area contributed by atoms with Crippen molar-refractivity contribution in [3.8, 4) is 0 Å². The molecule has 1 aromatic carbocycles.